The van der Waals surface area contributed by atoms with Crippen LogP contribution < -0.4 is 11.1 Å². The first-order chi connectivity index (χ1) is 19.3. The molecule has 2 aliphatic rings. The van der Waals surface area contributed by atoms with Crippen molar-refractivity contribution < 1.29 is 61.9 Å². The molecule has 0 aromatic rings. The highest BCUT2D eigenvalue weighted by atomic mass is 16.8. The lowest BCUT2D eigenvalue weighted by Crippen LogP contribution is -2.59. The second-order valence-electron chi connectivity index (χ2n) is 10.2. The van der Waals surface area contributed by atoms with Crippen LogP contribution in [0.15, 0.2) is 0 Å². The minimum atomic E-state index is -1.18. The van der Waals surface area contributed by atoms with Gasteiger partial charge < -0.3 is 48.9 Å². The molecule has 3 N–H and O–H groups in total. The molecule has 0 bridgehead atoms. The number of nitrogens with two attached hydrogens (primary N) is 1. The first-order valence-electron chi connectivity index (χ1n) is 13.5. The minimum absolute atomic E-state index is 0.0854. The Bertz CT molecular complexity index is 912. The lowest BCUT2D eigenvalue weighted by molar-refractivity contribution is -0.291. The van der Waals surface area contributed by atoms with Gasteiger partial charge in [0.2, 0.25) is 5.91 Å². The van der Waals surface area contributed by atoms with Gasteiger partial charge >= 0.3 is 24.0 Å². The molecule has 0 aliphatic carbocycles. The summed E-state index contributed by atoms with van der Waals surface area (Å²) in [4.78, 5) is 58.9. The largest absolute Gasteiger partial charge is 0.463 e. The molecule has 2 amide bonds. The zero-order valence-electron chi connectivity index (χ0n) is 24.2. The molecule has 0 radical (unpaired) electrons. The van der Waals surface area contributed by atoms with Gasteiger partial charge in [-0.3, -0.25) is 19.2 Å². The SMILES string of the molecule is CC(=O)OC[C@H]1O[C@@H](OCCCCCNC(=O)OC[C@H]2COC(C)(C)O2)[C@H](CC(N)=O)[C@@H](OC(C)=O)[C@H]1OC(C)=O. The molecule has 15 nitrogen and oxygen atoms in total. The van der Waals surface area contributed by atoms with E-state index in [0.29, 0.717) is 32.4 Å². The number of hydrogen-bond acceptors (Lipinski definition) is 13. The van der Waals surface area contributed by atoms with E-state index in [4.69, 9.17) is 43.6 Å². The number of alkyl carbamates (subject to hydrolysis) is 1. The molecular weight excluding hydrogens is 548 g/mol. The fourth-order valence-corrected chi connectivity index (χ4v) is 4.44. The summed E-state index contributed by atoms with van der Waals surface area (Å²) in [7, 11) is 0. The summed E-state index contributed by atoms with van der Waals surface area (Å²) < 4.78 is 43.9. The lowest BCUT2D eigenvalue weighted by Gasteiger charge is -2.44. The molecule has 2 fully saturated rings. The van der Waals surface area contributed by atoms with Gasteiger partial charge in [-0.25, -0.2) is 4.79 Å². The van der Waals surface area contributed by atoms with Gasteiger partial charge in [0.1, 0.15) is 31.5 Å². The first kappa shape index (κ1) is 34.2. The molecule has 2 heterocycles. The summed E-state index contributed by atoms with van der Waals surface area (Å²) in [5, 5.41) is 2.66. The third-order valence-electron chi connectivity index (χ3n) is 6.10. The van der Waals surface area contributed by atoms with Crippen molar-refractivity contribution >= 4 is 29.9 Å². The van der Waals surface area contributed by atoms with Crippen LogP contribution in [-0.2, 0) is 57.1 Å². The van der Waals surface area contributed by atoms with Crippen molar-refractivity contribution in [1.29, 1.82) is 0 Å². The number of primary amides is 1. The van der Waals surface area contributed by atoms with Crippen molar-refractivity contribution in [2.45, 2.75) is 96.8 Å². The van der Waals surface area contributed by atoms with Crippen LogP contribution >= 0.6 is 0 Å². The molecule has 0 saturated carbocycles. The molecule has 0 aromatic carbocycles. The van der Waals surface area contributed by atoms with Gasteiger partial charge in [0.05, 0.1) is 12.5 Å². The normalized spacial score (nSPS) is 27.0. The zero-order chi connectivity index (χ0) is 30.6. The number of esters is 3. The summed E-state index contributed by atoms with van der Waals surface area (Å²) in [5.74, 6) is -4.28. The highest BCUT2D eigenvalue weighted by Crippen LogP contribution is 2.34. The summed E-state index contributed by atoms with van der Waals surface area (Å²) in [6.45, 7) is 7.78. The quantitative estimate of drug-likeness (QED) is 0.154. The van der Waals surface area contributed by atoms with Gasteiger partial charge in [0.15, 0.2) is 18.2 Å². The lowest BCUT2D eigenvalue weighted by atomic mass is 9.87. The van der Waals surface area contributed by atoms with Crippen molar-refractivity contribution in [3.63, 3.8) is 0 Å². The number of unbranched alkanes of at least 4 members (excludes halogenated alkanes) is 2. The maximum atomic E-state index is 11.9. The van der Waals surface area contributed by atoms with Gasteiger partial charge in [-0.2, -0.15) is 0 Å². The van der Waals surface area contributed by atoms with Crippen molar-refractivity contribution in [1.82, 2.24) is 5.32 Å². The molecule has 234 valence electrons. The molecule has 6 atom stereocenters. The van der Waals surface area contributed by atoms with E-state index in [1.807, 2.05) is 0 Å². The molecular formula is C26H42N2O13. The van der Waals surface area contributed by atoms with E-state index in [0.717, 1.165) is 6.92 Å². The zero-order valence-corrected chi connectivity index (χ0v) is 24.2. The smallest absolute Gasteiger partial charge is 0.407 e. The van der Waals surface area contributed by atoms with Crippen molar-refractivity contribution in [3.8, 4) is 0 Å². The Hall–Kier alpha value is -3.01. The Kier molecular flexibility index (Phi) is 13.7. The molecule has 0 unspecified atom stereocenters. The topological polar surface area (TPSA) is 197 Å². The number of carbonyl (C=O) groups excluding carboxylic acids is 5. The van der Waals surface area contributed by atoms with Crippen LogP contribution in [0.4, 0.5) is 4.79 Å². The standard InChI is InChI=1S/C26H42N2O13/c1-15(29)35-14-20-23(39-17(3)31)22(38-16(2)30)19(11-21(27)32)24(40-20)34-10-8-6-7-9-28-25(33)36-12-18-13-37-26(4,5)41-18/h18-20,22-24H,6-14H2,1-5H3,(H2,27,32)(H,28,33)/t18-,19+,20+,22+,23-,24+/m0/s1. The number of carbonyl (C=O) groups is 5. The van der Waals surface area contributed by atoms with Gasteiger partial charge in [-0.05, 0) is 33.1 Å². The Morgan fingerprint density at radius 1 is 0.902 bits per heavy atom. The Morgan fingerprint density at radius 3 is 2.17 bits per heavy atom. The molecule has 15 heteroatoms. The molecule has 2 rings (SSSR count). The second kappa shape index (κ2) is 16.4. The second-order valence-corrected chi connectivity index (χ2v) is 10.2. The van der Waals surface area contributed by atoms with Gasteiger partial charge in [-0.1, -0.05) is 0 Å². The molecule has 0 spiro atoms. The number of ether oxygens (including phenoxy) is 8. The third-order valence-corrected chi connectivity index (χ3v) is 6.10. The maximum Gasteiger partial charge on any atom is 0.407 e. The third kappa shape index (κ3) is 12.6. The number of amides is 2. The summed E-state index contributed by atoms with van der Waals surface area (Å²) in [5.41, 5.74) is 5.44. The predicted molar refractivity (Wildman–Crippen MR) is 138 cm³/mol. The maximum absolute atomic E-state index is 11.9. The van der Waals surface area contributed by atoms with Crippen molar-refractivity contribution in [2.75, 3.05) is 33.0 Å². The van der Waals surface area contributed by atoms with E-state index in [-0.39, 0.29) is 32.3 Å². The Morgan fingerprint density at radius 2 is 1.59 bits per heavy atom. The number of hydrogen-bond donors (Lipinski definition) is 2. The molecule has 2 aliphatic heterocycles. The van der Waals surface area contributed by atoms with E-state index in [2.05, 4.69) is 5.32 Å². The summed E-state index contributed by atoms with van der Waals surface area (Å²) in [6, 6.07) is 0. The average molecular weight is 591 g/mol. The monoisotopic (exact) mass is 590 g/mol. The molecule has 0 aromatic heterocycles. The van der Waals surface area contributed by atoms with E-state index in [9.17, 15) is 24.0 Å². The van der Waals surface area contributed by atoms with Crippen LogP contribution in [0, 0.1) is 5.92 Å². The fourth-order valence-electron chi connectivity index (χ4n) is 4.44. The van der Waals surface area contributed by atoms with E-state index < -0.39 is 66.2 Å². The summed E-state index contributed by atoms with van der Waals surface area (Å²) >= 11 is 0. The highest BCUT2D eigenvalue weighted by molar-refractivity contribution is 5.74. The average Bonchev–Trinajstić information content (AvgIpc) is 3.21. The number of rotatable bonds is 15. The van der Waals surface area contributed by atoms with Crippen LogP contribution in [0.1, 0.15) is 60.3 Å². The fraction of sp³-hybridized carbons (Fsp3) is 0.808. The first-order valence-corrected chi connectivity index (χ1v) is 13.5. The summed E-state index contributed by atoms with van der Waals surface area (Å²) in [6.07, 6.45) is -3.75. The van der Waals surface area contributed by atoms with Gasteiger partial charge in [-0.15, -0.1) is 0 Å². The van der Waals surface area contributed by atoms with E-state index >= 15 is 0 Å². The molecule has 41 heavy (non-hydrogen) atoms. The van der Waals surface area contributed by atoms with Crippen molar-refractivity contribution in [2.24, 2.45) is 11.7 Å². The highest BCUT2D eigenvalue weighted by Gasteiger charge is 2.51. The van der Waals surface area contributed by atoms with Gasteiger partial charge in [0.25, 0.3) is 0 Å². The van der Waals surface area contributed by atoms with Crippen LogP contribution in [0.3, 0.4) is 0 Å². The van der Waals surface area contributed by atoms with Crippen molar-refractivity contribution in [3.05, 3.63) is 0 Å². The predicted octanol–water partition coefficient (Wildman–Crippen LogP) is 0.694. The minimum Gasteiger partial charge on any atom is -0.463 e. The number of nitrogens with one attached hydrogen (secondary N) is 1. The van der Waals surface area contributed by atoms with Crippen LogP contribution in [0.2, 0.25) is 0 Å². The van der Waals surface area contributed by atoms with Crippen LogP contribution in [0.5, 0.6) is 0 Å². The van der Waals surface area contributed by atoms with Crippen LogP contribution in [-0.4, -0.2) is 99.4 Å². The van der Waals surface area contributed by atoms with Gasteiger partial charge in [0, 0.05) is 40.3 Å². The Balaban J connectivity index is 1.87. The van der Waals surface area contributed by atoms with Crippen LogP contribution in [0.25, 0.3) is 0 Å². The van der Waals surface area contributed by atoms with E-state index in [1.165, 1.54) is 13.8 Å². The molecule has 2 saturated heterocycles. The Labute approximate surface area is 238 Å². The van der Waals surface area contributed by atoms with E-state index in [1.54, 1.807) is 13.8 Å².